The van der Waals surface area contributed by atoms with Gasteiger partial charge in [0, 0.05) is 24.8 Å². The van der Waals surface area contributed by atoms with Crippen LogP contribution in [0.1, 0.15) is 19.3 Å². The molecule has 26 heavy (non-hydrogen) atoms. The average molecular weight is 379 g/mol. The molecule has 0 aliphatic carbocycles. The molecule has 1 N–H and O–H groups in total. The first-order valence-corrected chi connectivity index (χ1v) is 9.63. The van der Waals surface area contributed by atoms with E-state index < -0.39 is 20.8 Å². The quantitative estimate of drug-likeness (QED) is 0.632. The predicted octanol–water partition coefficient (Wildman–Crippen LogP) is 3.65. The smallest absolute Gasteiger partial charge is 0.294 e. The fourth-order valence-corrected chi connectivity index (χ4v) is 4.41. The number of nitro groups is 1. The second-order valence-corrected chi connectivity index (χ2v) is 7.97. The van der Waals surface area contributed by atoms with Crippen molar-refractivity contribution in [3.05, 3.63) is 58.4 Å². The zero-order valence-corrected chi connectivity index (χ0v) is 14.7. The Morgan fingerprint density at radius 1 is 1.04 bits per heavy atom. The summed E-state index contributed by atoms with van der Waals surface area (Å²) in [5.74, 6) is -0.423. The Kier molecular flexibility index (Phi) is 5.19. The number of piperidine rings is 1. The van der Waals surface area contributed by atoms with E-state index in [0.29, 0.717) is 18.8 Å². The van der Waals surface area contributed by atoms with Gasteiger partial charge in [0.2, 0.25) is 10.0 Å². The standard InChI is InChI=1S/C17H18FN3O4S/c18-13-4-6-14(7-5-13)19-16-9-8-15(12-17(16)21(22)23)26(24,25)20-10-2-1-3-11-20/h4-9,12,19H,1-3,10-11H2. The molecule has 2 aromatic rings. The largest absolute Gasteiger partial charge is 0.350 e. The van der Waals surface area contributed by atoms with E-state index in [1.54, 1.807) is 0 Å². The van der Waals surface area contributed by atoms with Crippen LogP contribution in [0.5, 0.6) is 0 Å². The molecular weight excluding hydrogens is 361 g/mol. The second kappa shape index (κ2) is 7.38. The topological polar surface area (TPSA) is 92.5 Å². The van der Waals surface area contributed by atoms with Gasteiger partial charge < -0.3 is 5.32 Å². The summed E-state index contributed by atoms with van der Waals surface area (Å²) in [6, 6.07) is 9.11. The molecule has 0 aromatic heterocycles. The number of sulfonamides is 1. The second-order valence-electron chi connectivity index (χ2n) is 6.03. The van der Waals surface area contributed by atoms with Gasteiger partial charge in [-0.05, 0) is 49.2 Å². The molecule has 1 aliphatic heterocycles. The van der Waals surface area contributed by atoms with Gasteiger partial charge in [-0.3, -0.25) is 10.1 Å². The molecule has 0 saturated carbocycles. The van der Waals surface area contributed by atoms with Crippen molar-refractivity contribution < 1.29 is 17.7 Å². The van der Waals surface area contributed by atoms with Crippen LogP contribution in [0.3, 0.4) is 0 Å². The minimum absolute atomic E-state index is 0.101. The Hall–Kier alpha value is -2.52. The van der Waals surface area contributed by atoms with Crippen LogP contribution in [-0.2, 0) is 10.0 Å². The number of benzene rings is 2. The van der Waals surface area contributed by atoms with Gasteiger partial charge in [-0.15, -0.1) is 0 Å². The monoisotopic (exact) mass is 379 g/mol. The maximum absolute atomic E-state index is 13.0. The maximum atomic E-state index is 13.0. The molecule has 2 aromatic carbocycles. The highest BCUT2D eigenvalue weighted by molar-refractivity contribution is 7.89. The maximum Gasteiger partial charge on any atom is 0.294 e. The molecule has 0 unspecified atom stereocenters. The Labute approximate surface area is 150 Å². The van der Waals surface area contributed by atoms with E-state index in [1.807, 2.05) is 0 Å². The summed E-state index contributed by atoms with van der Waals surface area (Å²) in [5.41, 5.74) is 0.243. The Morgan fingerprint density at radius 2 is 1.69 bits per heavy atom. The van der Waals surface area contributed by atoms with Crippen molar-refractivity contribution in [2.24, 2.45) is 0 Å². The number of hydrogen-bond acceptors (Lipinski definition) is 5. The summed E-state index contributed by atoms with van der Waals surface area (Å²) in [4.78, 5) is 10.7. The molecule has 9 heteroatoms. The highest BCUT2D eigenvalue weighted by atomic mass is 32.2. The summed E-state index contributed by atoms with van der Waals surface area (Å²) < 4.78 is 39.8. The van der Waals surface area contributed by atoms with Crippen molar-refractivity contribution >= 4 is 27.1 Å². The third-order valence-corrected chi connectivity index (χ3v) is 6.14. The van der Waals surface area contributed by atoms with E-state index in [9.17, 15) is 22.9 Å². The molecule has 1 saturated heterocycles. The SMILES string of the molecule is O=[N+]([O-])c1cc(S(=O)(=O)N2CCCCC2)ccc1Nc1ccc(F)cc1. The van der Waals surface area contributed by atoms with Crippen molar-refractivity contribution in [2.75, 3.05) is 18.4 Å². The zero-order valence-electron chi connectivity index (χ0n) is 13.9. The summed E-state index contributed by atoms with van der Waals surface area (Å²) in [5, 5.41) is 14.2. The molecule has 3 rings (SSSR count). The molecule has 0 amide bonds. The summed E-state index contributed by atoms with van der Waals surface area (Å²) >= 11 is 0. The van der Waals surface area contributed by atoms with Crippen molar-refractivity contribution in [1.29, 1.82) is 0 Å². The molecule has 0 atom stereocenters. The summed E-state index contributed by atoms with van der Waals surface area (Å²) in [7, 11) is -3.76. The van der Waals surface area contributed by atoms with Crippen LogP contribution in [0.4, 0.5) is 21.5 Å². The van der Waals surface area contributed by atoms with Crippen molar-refractivity contribution in [3.8, 4) is 0 Å². The van der Waals surface area contributed by atoms with E-state index in [4.69, 9.17) is 0 Å². The molecular formula is C17H18FN3O4S. The highest BCUT2D eigenvalue weighted by Gasteiger charge is 2.28. The number of nitro benzene ring substituents is 1. The number of nitrogens with one attached hydrogen (secondary N) is 1. The molecule has 1 fully saturated rings. The summed E-state index contributed by atoms with van der Waals surface area (Å²) in [6.45, 7) is 0.845. The zero-order chi connectivity index (χ0) is 18.7. The number of hydrogen-bond donors (Lipinski definition) is 1. The minimum Gasteiger partial charge on any atom is -0.350 e. The Morgan fingerprint density at radius 3 is 2.31 bits per heavy atom. The lowest BCUT2D eigenvalue weighted by molar-refractivity contribution is -0.384. The first kappa shape index (κ1) is 18.3. The van der Waals surface area contributed by atoms with E-state index >= 15 is 0 Å². The van der Waals surface area contributed by atoms with Crippen LogP contribution < -0.4 is 5.32 Å². The van der Waals surface area contributed by atoms with Gasteiger partial charge in [0.1, 0.15) is 11.5 Å². The van der Waals surface area contributed by atoms with Gasteiger partial charge >= 0.3 is 0 Å². The Balaban J connectivity index is 1.93. The first-order valence-electron chi connectivity index (χ1n) is 8.19. The highest BCUT2D eigenvalue weighted by Crippen LogP contribution is 2.32. The van der Waals surface area contributed by atoms with Crippen molar-refractivity contribution in [1.82, 2.24) is 4.31 Å². The molecule has 1 aliphatic rings. The first-order chi connectivity index (χ1) is 12.4. The van der Waals surface area contributed by atoms with Crippen LogP contribution in [-0.4, -0.2) is 30.7 Å². The van der Waals surface area contributed by atoms with E-state index in [2.05, 4.69) is 5.32 Å². The van der Waals surface area contributed by atoms with Crippen molar-refractivity contribution in [3.63, 3.8) is 0 Å². The minimum atomic E-state index is -3.76. The van der Waals surface area contributed by atoms with Gasteiger partial charge in [-0.25, -0.2) is 12.8 Å². The molecule has 7 nitrogen and oxygen atoms in total. The fourth-order valence-electron chi connectivity index (χ4n) is 2.87. The van der Waals surface area contributed by atoms with Crippen molar-refractivity contribution in [2.45, 2.75) is 24.2 Å². The third kappa shape index (κ3) is 3.83. The van der Waals surface area contributed by atoms with Gasteiger partial charge in [-0.2, -0.15) is 4.31 Å². The molecule has 0 bridgehead atoms. The lowest BCUT2D eigenvalue weighted by Crippen LogP contribution is -2.35. The van der Waals surface area contributed by atoms with E-state index in [0.717, 1.165) is 25.3 Å². The van der Waals surface area contributed by atoms with Crippen LogP contribution in [0.15, 0.2) is 47.4 Å². The summed E-state index contributed by atoms with van der Waals surface area (Å²) in [6.07, 6.45) is 2.55. The predicted molar refractivity (Wildman–Crippen MR) is 95.4 cm³/mol. The fraction of sp³-hybridized carbons (Fsp3) is 0.294. The van der Waals surface area contributed by atoms with Gasteiger partial charge in [-0.1, -0.05) is 6.42 Å². The molecule has 0 radical (unpaired) electrons. The number of rotatable bonds is 5. The molecule has 1 heterocycles. The number of halogens is 1. The molecule has 0 spiro atoms. The number of anilines is 2. The van der Waals surface area contributed by atoms with Crippen LogP contribution in [0.2, 0.25) is 0 Å². The Bertz CT molecular complexity index is 910. The lowest BCUT2D eigenvalue weighted by atomic mass is 10.2. The molecule has 138 valence electrons. The normalized spacial score (nSPS) is 15.6. The van der Waals surface area contributed by atoms with E-state index in [-0.39, 0.29) is 16.3 Å². The average Bonchev–Trinajstić information content (AvgIpc) is 2.64. The van der Waals surface area contributed by atoms with Crippen LogP contribution in [0, 0.1) is 15.9 Å². The van der Waals surface area contributed by atoms with Crippen LogP contribution in [0.25, 0.3) is 0 Å². The van der Waals surface area contributed by atoms with Crippen LogP contribution >= 0.6 is 0 Å². The van der Waals surface area contributed by atoms with E-state index in [1.165, 1.54) is 40.7 Å². The van der Waals surface area contributed by atoms with Gasteiger partial charge in [0.15, 0.2) is 0 Å². The van der Waals surface area contributed by atoms with Gasteiger partial charge in [0.25, 0.3) is 5.69 Å². The number of nitrogens with zero attached hydrogens (tertiary/aromatic N) is 2. The van der Waals surface area contributed by atoms with Gasteiger partial charge in [0.05, 0.1) is 9.82 Å². The third-order valence-electron chi connectivity index (χ3n) is 4.24. The lowest BCUT2D eigenvalue weighted by Gasteiger charge is -2.25.